The number of aryl methyl sites for hydroxylation is 2. The number of hydrogen-bond donors (Lipinski definition) is 0. The second-order valence-electron chi connectivity index (χ2n) is 5.06. The van der Waals surface area contributed by atoms with Crippen molar-refractivity contribution >= 4 is 10.9 Å². The number of halogens is 1. The molecule has 0 bridgehead atoms. The molecule has 0 amide bonds. The van der Waals surface area contributed by atoms with Crippen LogP contribution in [0.25, 0.3) is 22.2 Å². The first-order valence-corrected chi connectivity index (χ1v) is 6.43. The van der Waals surface area contributed by atoms with E-state index in [0.717, 1.165) is 10.1 Å². The van der Waals surface area contributed by atoms with Gasteiger partial charge in [0.25, 0.3) is 5.56 Å². The van der Waals surface area contributed by atoms with Crippen LogP contribution in [0.1, 0.15) is 0 Å². The summed E-state index contributed by atoms with van der Waals surface area (Å²) < 4.78 is 17.4. The molecule has 3 aromatic rings. The largest absolute Gasteiger partial charge is 0.348 e. The van der Waals surface area contributed by atoms with E-state index in [4.69, 9.17) is 0 Å². The summed E-state index contributed by atoms with van der Waals surface area (Å²) in [6.45, 7) is 0. The standard InChI is InChI=1S/C15H14FN3O2/c1-17-8-11-12(14(20)19(3)15(21)18(11)2)13(17)9-4-6-10(16)7-5-9/h4-8H,1-3H3. The Bertz CT molecular complexity index is 962. The Morgan fingerprint density at radius 3 is 2.19 bits per heavy atom. The third kappa shape index (κ3) is 1.83. The molecule has 0 N–H and O–H groups in total. The van der Waals surface area contributed by atoms with Gasteiger partial charge in [-0.05, 0) is 29.8 Å². The first kappa shape index (κ1) is 13.4. The minimum atomic E-state index is -0.372. The zero-order valence-electron chi connectivity index (χ0n) is 11.9. The Hall–Kier alpha value is -2.63. The van der Waals surface area contributed by atoms with Gasteiger partial charge in [-0.25, -0.2) is 9.18 Å². The van der Waals surface area contributed by atoms with Gasteiger partial charge in [0.15, 0.2) is 0 Å². The van der Waals surface area contributed by atoms with Gasteiger partial charge in [0.05, 0.1) is 16.6 Å². The first-order valence-electron chi connectivity index (χ1n) is 6.43. The van der Waals surface area contributed by atoms with Crippen molar-refractivity contribution in [2.24, 2.45) is 21.1 Å². The quantitative estimate of drug-likeness (QED) is 0.679. The molecule has 21 heavy (non-hydrogen) atoms. The van der Waals surface area contributed by atoms with E-state index in [1.54, 1.807) is 37.0 Å². The van der Waals surface area contributed by atoms with E-state index < -0.39 is 0 Å². The fourth-order valence-electron chi connectivity index (χ4n) is 2.61. The highest BCUT2D eigenvalue weighted by atomic mass is 19.1. The molecule has 0 saturated heterocycles. The highest BCUT2D eigenvalue weighted by molar-refractivity contribution is 5.93. The lowest BCUT2D eigenvalue weighted by Crippen LogP contribution is -2.36. The molecule has 0 fully saturated rings. The summed E-state index contributed by atoms with van der Waals surface area (Å²) in [5, 5.41) is 0.453. The molecular weight excluding hydrogens is 273 g/mol. The maximum absolute atomic E-state index is 13.1. The molecule has 0 unspecified atom stereocenters. The van der Waals surface area contributed by atoms with Gasteiger partial charge < -0.3 is 4.57 Å². The molecule has 0 atom stereocenters. The van der Waals surface area contributed by atoms with Crippen LogP contribution in [0.5, 0.6) is 0 Å². The average Bonchev–Trinajstić information content (AvgIpc) is 2.81. The lowest BCUT2D eigenvalue weighted by molar-refractivity contribution is 0.628. The molecule has 0 spiro atoms. The van der Waals surface area contributed by atoms with Crippen LogP contribution < -0.4 is 11.2 Å². The molecule has 0 aliphatic heterocycles. The van der Waals surface area contributed by atoms with Crippen molar-refractivity contribution < 1.29 is 4.39 Å². The van der Waals surface area contributed by atoms with Gasteiger partial charge in [-0.15, -0.1) is 0 Å². The molecule has 6 heteroatoms. The fourth-order valence-corrected chi connectivity index (χ4v) is 2.61. The average molecular weight is 287 g/mol. The number of fused-ring (bicyclic) bond motifs is 1. The minimum absolute atomic E-state index is 0.336. The summed E-state index contributed by atoms with van der Waals surface area (Å²) in [5.41, 5.74) is 1.23. The highest BCUT2D eigenvalue weighted by Crippen LogP contribution is 2.27. The van der Waals surface area contributed by atoms with E-state index in [2.05, 4.69) is 0 Å². The van der Waals surface area contributed by atoms with Crippen LogP contribution in [0.15, 0.2) is 40.1 Å². The van der Waals surface area contributed by atoms with E-state index in [1.165, 1.54) is 23.7 Å². The SMILES string of the molecule is Cn1cc2c(c1-c1ccc(F)cc1)c(=O)n(C)c(=O)n2C. The van der Waals surface area contributed by atoms with Crippen LogP contribution in [0, 0.1) is 5.82 Å². The maximum atomic E-state index is 13.1. The number of hydrogen-bond acceptors (Lipinski definition) is 2. The van der Waals surface area contributed by atoms with Crippen molar-refractivity contribution in [1.29, 1.82) is 0 Å². The van der Waals surface area contributed by atoms with Crippen LogP contribution in [-0.4, -0.2) is 13.7 Å². The smallest absolute Gasteiger partial charge is 0.330 e. The Labute approximate surface area is 119 Å². The minimum Gasteiger partial charge on any atom is -0.348 e. The van der Waals surface area contributed by atoms with Gasteiger partial charge in [0, 0.05) is 27.3 Å². The van der Waals surface area contributed by atoms with E-state index in [9.17, 15) is 14.0 Å². The third-order valence-electron chi connectivity index (χ3n) is 3.73. The Morgan fingerprint density at radius 1 is 0.952 bits per heavy atom. The van der Waals surface area contributed by atoms with E-state index in [-0.39, 0.29) is 17.1 Å². The molecular formula is C15H14FN3O2. The number of rotatable bonds is 1. The maximum Gasteiger partial charge on any atom is 0.330 e. The van der Waals surface area contributed by atoms with Crippen molar-refractivity contribution in [3.05, 3.63) is 57.1 Å². The molecule has 2 heterocycles. The summed E-state index contributed by atoms with van der Waals surface area (Å²) >= 11 is 0. The second kappa shape index (κ2) is 4.44. The zero-order valence-corrected chi connectivity index (χ0v) is 11.9. The van der Waals surface area contributed by atoms with Gasteiger partial charge in [0.2, 0.25) is 0 Å². The normalized spacial score (nSPS) is 11.2. The van der Waals surface area contributed by atoms with Crippen LogP contribution in [0.2, 0.25) is 0 Å². The van der Waals surface area contributed by atoms with Crippen LogP contribution in [-0.2, 0) is 21.1 Å². The van der Waals surface area contributed by atoms with Crippen LogP contribution in [0.3, 0.4) is 0 Å². The van der Waals surface area contributed by atoms with Crippen molar-refractivity contribution in [3.8, 4) is 11.3 Å². The Kier molecular flexibility index (Phi) is 2.83. The number of aromatic nitrogens is 3. The molecule has 108 valence electrons. The lowest BCUT2D eigenvalue weighted by Gasteiger charge is -2.06. The lowest BCUT2D eigenvalue weighted by atomic mass is 10.1. The third-order valence-corrected chi connectivity index (χ3v) is 3.73. The fraction of sp³-hybridized carbons (Fsp3) is 0.200. The molecule has 0 radical (unpaired) electrons. The first-order chi connectivity index (χ1) is 9.91. The summed E-state index contributed by atoms with van der Waals surface area (Å²) in [4.78, 5) is 24.4. The highest BCUT2D eigenvalue weighted by Gasteiger charge is 2.17. The molecule has 1 aromatic carbocycles. The summed E-state index contributed by atoms with van der Waals surface area (Å²) in [5.74, 6) is -0.336. The summed E-state index contributed by atoms with van der Waals surface area (Å²) in [6, 6.07) is 5.94. The van der Waals surface area contributed by atoms with Gasteiger partial charge >= 0.3 is 5.69 Å². The Morgan fingerprint density at radius 2 is 1.57 bits per heavy atom. The molecule has 0 saturated carbocycles. The van der Waals surface area contributed by atoms with Gasteiger partial charge in [-0.2, -0.15) is 0 Å². The number of nitrogens with zero attached hydrogens (tertiary/aromatic N) is 3. The molecule has 5 nitrogen and oxygen atoms in total. The second-order valence-corrected chi connectivity index (χ2v) is 5.06. The van der Waals surface area contributed by atoms with Gasteiger partial charge in [-0.3, -0.25) is 13.9 Å². The molecule has 0 aliphatic carbocycles. The van der Waals surface area contributed by atoms with E-state index >= 15 is 0 Å². The van der Waals surface area contributed by atoms with Crippen molar-refractivity contribution in [2.75, 3.05) is 0 Å². The molecule has 2 aromatic heterocycles. The summed E-state index contributed by atoms with van der Waals surface area (Å²) in [6.07, 6.45) is 1.73. The van der Waals surface area contributed by atoms with Crippen molar-refractivity contribution in [1.82, 2.24) is 13.7 Å². The van der Waals surface area contributed by atoms with E-state index in [0.29, 0.717) is 16.6 Å². The summed E-state index contributed by atoms with van der Waals surface area (Å²) in [7, 11) is 4.87. The van der Waals surface area contributed by atoms with Crippen LogP contribution >= 0.6 is 0 Å². The molecule has 3 rings (SSSR count). The van der Waals surface area contributed by atoms with Crippen molar-refractivity contribution in [2.45, 2.75) is 0 Å². The zero-order chi connectivity index (χ0) is 15.3. The van der Waals surface area contributed by atoms with Crippen LogP contribution in [0.4, 0.5) is 4.39 Å². The Balaban J connectivity index is 2.50. The van der Waals surface area contributed by atoms with Crippen molar-refractivity contribution in [3.63, 3.8) is 0 Å². The monoisotopic (exact) mass is 287 g/mol. The predicted molar refractivity (Wildman–Crippen MR) is 78.8 cm³/mol. The molecule has 0 aliphatic rings. The van der Waals surface area contributed by atoms with E-state index in [1.807, 2.05) is 0 Å². The number of benzene rings is 1. The van der Waals surface area contributed by atoms with Gasteiger partial charge in [0.1, 0.15) is 5.82 Å². The van der Waals surface area contributed by atoms with Gasteiger partial charge in [-0.1, -0.05) is 0 Å². The topological polar surface area (TPSA) is 48.9 Å². The predicted octanol–water partition coefficient (Wildman–Crippen LogP) is 1.38.